The molecule has 164 valence electrons. The van der Waals surface area contributed by atoms with Crippen LogP contribution < -0.4 is 10.9 Å². The average Bonchev–Trinajstić information content (AvgIpc) is 3.26. The van der Waals surface area contributed by atoms with Gasteiger partial charge in [-0.25, -0.2) is 0 Å². The van der Waals surface area contributed by atoms with Crippen LogP contribution in [0.2, 0.25) is 0 Å². The molecule has 0 unspecified atom stereocenters. The van der Waals surface area contributed by atoms with Gasteiger partial charge in [0, 0.05) is 31.2 Å². The molecule has 2 aromatic rings. The molecule has 0 saturated heterocycles. The number of nitrogens with one attached hydrogen (secondary N) is 1. The van der Waals surface area contributed by atoms with Gasteiger partial charge < -0.3 is 19.5 Å². The summed E-state index contributed by atoms with van der Waals surface area (Å²) in [5, 5.41) is 7.45. The fourth-order valence-corrected chi connectivity index (χ4v) is 3.49. The summed E-state index contributed by atoms with van der Waals surface area (Å²) in [5.74, 6) is -0.477. The average molecular weight is 418 g/mol. The van der Waals surface area contributed by atoms with E-state index in [1.165, 1.54) is 4.52 Å². The van der Waals surface area contributed by atoms with Crippen molar-refractivity contribution in [2.45, 2.75) is 65.6 Å². The Kier molecular flexibility index (Phi) is 6.03. The highest BCUT2D eigenvalue weighted by Crippen LogP contribution is 2.26. The van der Waals surface area contributed by atoms with Crippen LogP contribution in [-0.4, -0.2) is 57.2 Å². The molecule has 0 aliphatic carbocycles. The van der Waals surface area contributed by atoms with E-state index >= 15 is 0 Å². The lowest BCUT2D eigenvalue weighted by Gasteiger charge is -2.17. The number of rotatable bonds is 7. The van der Waals surface area contributed by atoms with Crippen molar-refractivity contribution in [1.82, 2.24) is 24.4 Å². The number of carbonyl (C=O) groups excluding carboxylic acids is 2. The monoisotopic (exact) mass is 417 g/mol. The van der Waals surface area contributed by atoms with E-state index in [0.29, 0.717) is 24.4 Å². The van der Waals surface area contributed by atoms with Crippen LogP contribution in [0.1, 0.15) is 62.8 Å². The molecule has 0 spiro atoms. The quantitative estimate of drug-likeness (QED) is 0.733. The summed E-state index contributed by atoms with van der Waals surface area (Å²) in [6.45, 7) is 10.8. The van der Waals surface area contributed by atoms with Crippen LogP contribution in [0, 0.1) is 0 Å². The van der Waals surface area contributed by atoms with E-state index < -0.39 is 0 Å². The molecule has 3 heterocycles. The van der Waals surface area contributed by atoms with Crippen LogP contribution in [0.5, 0.6) is 0 Å². The van der Waals surface area contributed by atoms with Crippen molar-refractivity contribution < 1.29 is 14.3 Å². The normalized spacial score (nSPS) is 15.0. The molecule has 1 N–H and O–H groups in total. The zero-order valence-electron chi connectivity index (χ0n) is 18.6. The van der Waals surface area contributed by atoms with E-state index in [0.717, 1.165) is 12.1 Å². The third-order valence-corrected chi connectivity index (χ3v) is 5.47. The molecular weight excluding hydrogens is 386 g/mol. The maximum absolute atomic E-state index is 13.2. The minimum absolute atomic E-state index is 0.0184. The maximum Gasteiger partial charge on any atom is 0.280 e. The van der Waals surface area contributed by atoms with Gasteiger partial charge in [0.2, 0.25) is 5.91 Å². The van der Waals surface area contributed by atoms with Gasteiger partial charge in [-0.1, -0.05) is 27.7 Å². The van der Waals surface area contributed by atoms with E-state index in [1.807, 2.05) is 34.6 Å². The van der Waals surface area contributed by atoms with Crippen LogP contribution in [0.4, 0.5) is 0 Å². The fraction of sp³-hybridized carbons (Fsp3) is 0.619. The summed E-state index contributed by atoms with van der Waals surface area (Å²) in [6.07, 6.45) is 0.800. The largest absolute Gasteiger partial charge is 0.383 e. The first-order valence-corrected chi connectivity index (χ1v) is 10.3. The molecule has 1 aliphatic heterocycles. The summed E-state index contributed by atoms with van der Waals surface area (Å²) in [4.78, 5) is 40.6. The standard InChI is InChI=1S/C21H31N5O4/c1-7-13(2)22-16(27)12-25-17-10-15(21(3,4)5)23-26(17)19(28)14-11-24(8-9-30-6)20(29)18(14)25/h10,13H,7-9,11-12H2,1-6H3,(H,22,27)/t13-/m1/s1. The first-order chi connectivity index (χ1) is 14.1. The van der Waals surface area contributed by atoms with E-state index in [9.17, 15) is 14.4 Å². The van der Waals surface area contributed by atoms with Gasteiger partial charge in [-0.2, -0.15) is 9.61 Å². The second-order valence-electron chi connectivity index (χ2n) is 8.86. The summed E-state index contributed by atoms with van der Waals surface area (Å²) in [5.41, 5.74) is 1.20. The molecule has 0 aromatic carbocycles. The molecule has 0 bridgehead atoms. The molecule has 3 rings (SSSR count). The topological polar surface area (TPSA) is 97.9 Å². The zero-order chi connectivity index (χ0) is 22.2. The Morgan fingerprint density at radius 1 is 1.33 bits per heavy atom. The number of carbonyl (C=O) groups is 2. The van der Waals surface area contributed by atoms with E-state index in [2.05, 4.69) is 10.4 Å². The lowest BCUT2D eigenvalue weighted by molar-refractivity contribution is -0.122. The number of nitrogens with zero attached hydrogens (tertiary/aromatic N) is 4. The van der Waals surface area contributed by atoms with Crippen molar-refractivity contribution >= 4 is 17.5 Å². The van der Waals surface area contributed by atoms with Gasteiger partial charge in [-0.05, 0) is 13.3 Å². The number of ether oxygens (including phenoxy) is 1. The third kappa shape index (κ3) is 3.98. The number of hydrogen-bond donors (Lipinski definition) is 1. The maximum atomic E-state index is 13.2. The van der Waals surface area contributed by atoms with Gasteiger partial charge in [0.05, 0.1) is 24.4 Å². The Labute approximate surface area is 176 Å². The molecule has 0 fully saturated rings. The van der Waals surface area contributed by atoms with Gasteiger partial charge in [-0.15, -0.1) is 0 Å². The number of fused-ring (bicyclic) bond motifs is 2. The lowest BCUT2D eigenvalue weighted by Crippen LogP contribution is -2.37. The van der Waals surface area contributed by atoms with Gasteiger partial charge in [-0.3, -0.25) is 14.4 Å². The van der Waals surface area contributed by atoms with Crippen LogP contribution in [0.15, 0.2) is 10.9 Å². The van der Waals surface area contributed by atoms with Gasteiger partial charge in [0.15, 0.2) is 0 Å². The molecule has 0 saturated carbocycles. The minimum Gasteiger partial charge on any atom is -0.383 e. The summed E-state index contributed by atoms with van der Waals surface area (Å²) < 4.78 is 8.04. The van der Waals surface area contributed by atoms with E-state index in [1.54, 1.807) is 22.6 Å². The van der Waals surface area contributed by atoms with Crippen molar-refractivity contribution in [1.29, 1.82) is 0 Å². The van der Waals surface area contributed by atoms with Crippen molar-refractivity contribution in [3.63, 3.8) is 0 Å². The zero-order valence-corrected chi connectivity index (χ0v) is 18.6. The molecule has 1 aliphatic rings. The Balaban J connectivity index is 2.16. The third-order valence-electron chi connectivity index (χ3n) is 5.47. The predicted molar refractivity (Wildman–Crippen MR) is 113 cm³/mol. The van der Waals surface area contributed by atoms with E-state index in [-0.39, 0.29) is 47.6 Å². The van der Waals surface area contributed by atoms with Crippen LogP contribution >= 0.6 is 0 Å². The number of amides is 2. The smallest absolute Gasteiger partial charge is 0.280 e. The highest BCUT2D eigenvalue weighted by atomic mass is 16.5. The molecular formula is C21H31N5O4. The van der Waals surface area contributed by atoms with E-state index in [4.69, 9.17) is 4.74 Å². The molecule has 0 radical (unpaired) electrons. The molecule has 9 heteroatoms. The highest BCUT2D eigenvalue weighted by molar-refractivity contribution is 5.97. The molecule has 2 aromatic heterocycles. The lowest BCUT2D eigenvalue weighted by atomic mass is 9.93. The Morgan fingerprint density at radius 2 is 2.03 bits per heavy atom. The first-order valence-electron chi connectivity index (χ1n) is 10.3. The van der Waals surface area contributed by atoms with Crippen molar-refractivity contribution in [3.8, 4) is 0 Å². The van der Waals surface area contributed by atoms with Gasteiger partial charge in [0.25, 0.3) is 11.5 Å². The number of aromatic nitrogens is 3. The second kappa shape index (κ2) is 8.22. The van der Waals surface area contributed by atoms with Crippen molar-refractivity contribution in [3.05, 3.63) is 33.4 Å². The number of hydrogen-bond acceptors (Lipinski definition) is 5. The SMILES string of the molecule is CC[C@@H](C)NC(=O)Cn1c2c(c(=O)n3nc(C(C)(C)C)cc13)CN(CCOC)C2=O. The highest BCUT2D eigenvalue weighted by Gasteiger charge is 2.35. The Morgan fingerprint density at radius 3 is 2.63 bits per heavy atom. The second-order valence-corrected chi connectivity index (χ2v) is 8.86. The predicted octanol–water partition coefficient (Wildman–Crippen LogP) is 1.31. The minimum atomic E-state index is -0.317. The molecule has 30 heavy (non-hydrogen) atoms. The molecule has 9 nitrogen and oxygen atoms in total. The summed E-state index contributed by atoms with van der Waals surface area (Å²) in [6, 6.07) is 1.81. The Hall–Kier alpha value is -2.68. The van der Waals surface area contributed by atoms with Crippen molar-refractivity contribution in [2.75, 3.05) is 20.3 Å². The van der Waals surface area contributed by atoms with Gasteiger partial charge >= 0.3 is 0 Å². The Bertz CT molecular complexity index is 1030. The van der Waals surface area contributed by atoms with Crippen LogP contribution in [-0.2, 0) is 28.0 Å². The summed E-state index contributed by atoms with van der Waals surface area (Å²) >= 11 is 0. The fourth-order valence-electron chi connectivity index (χ4n) is 3.49. The molecule has 2 amide bonds. The van der Waals surface area contributed by atoms with Crippen LogP contribution in [0.25, 0.3) is 5.65 Å². The summed E-state index contributed by atoms with van der Waals surface area (Å²) in [7, 11) is 1.56. The van der Waals surface area contributed by atoms with Crippen molar-refractivity contribution in [2.24, 2.45) is 0 Å². The van der Waals surface area contributed by atoms with Gasteiger partial charge in [0.1, 0.15) is 17.9 Å². The molecule has 1 atom stereocenters. The first kappa shape index (κ1) is 22.0. The van der Waals surface area contributed by atoms with Crippen LogP contribution in [0.3, 0.4) is 0 Å². The number of methoxy groups -OCH3 is 1.